The van der Waals surface area contributed by atoms with E-state index in [9.17, 15) is 15.0 Å². The number of ether oxygens (including phenoxy) is 2. The molecule has 2 bridgehead atoms. The molecule has 2 saturated heterocycles. The summed E-state index contributed by atoms with van der Waals surface area (Å²) in [4.78, 5) is 13.1. The van der Waals surface area contributed by atoms with Crippen molar-refractivity contribution in [1.29, 1.82) is 0 Å². The van der Waals surface area contributed by atoms with Crippen molar-refractivity contribution in [1.82, 2.24) is 0 Å². The van der Waals surface area contributed by atoms with Gasteiger partial charge in [-0.25, -0.2) is 0 Å². The first-order valence-corrected chi connectivity index (χ1v) is 9.47. The van der Waals surface area contributed by atoms with Gasteiger partial charge in [0.05, 0.1) is 23.4 Å². The predicted molar refractivity (Wildman–Crippen MR) is 92.0 cm³/mol. The zero-order valence-electron chi connectivity index (χ0n) is 15.8. The Morgan fingerprint density at radius 2 is 1.76 bits per heavy atom. The fourth-order valence-electron chi connectivity index (χ4n) is 5.10. The summed E-state index contributed by atoms with van der Waals surface area (Å²) < 4.78 is 11.7. The maximum atomic E-state index is 13.1. The maximum absolute atomic E-state index is 13.1. The third-order valence-corrected chi connectivity index (χ3v) is 7.96. The molecule has 1 saturated carbocycles. The molecule has 2 aliphatic carbocycles. The van der Waals surface area contributed by atoms with E-state index in [1.165, 1.54) is 0 Å². The number of carbonyl (C=O) groups is 1. The third-order valence-electron chi connectivity index (χ3n) is 7.96. The second-order valence-corrected chi connectivity index (χ2v) is 9.48. The lowest BCUT2D eigenvalue weighted by atomic mass is 9.55. The molecule has 2 heterocycles. The van der Waals surface area contributed by atoms with Crippen LogP contribution in [-0.4, -0.2) is 51.1 Å². The predicted octanol–water partition coefficient (Wildman–Crippen LogP) is 2.14. The van der Waals surface area contributed by atoms with Crippen LogP contribution in [0, 0.1) is 11.3 Å². The molecule has 4 rings (SSSR count). The Kier molecular flexibility index (Phi) is 3.49. The van der Waals surface area contributed by atoms with Crippen molar-refractivity contribution >= 4 is 5.78 Å². The minimum atomic E-state index is -1.31. The summed E-state index contributed by atoms with van der Waals surface area (Å²) in [5.74, 6) is -0.334. The average molecular weight is 350 g/mol. The second kappa shape index (κ2) is 4.94. The molecule has 5 heteroatoms. The number of ketones is 1. The highest BCUT2D eigenvalue weighted by atomic mass is 16.6. The number of rotatable bonds is 0. The largest absolute Gasteiger partial charge is 0.389 e. The molecule has 0 aromatic heterocycles. The summed E-state index contributed by atoms with van der Waals surface area (Å²) in [6.45, 7) is 9.74. The van der Waals surface area contributed by atoms with Crippen molar-refractivity contribution in [3.8, 4) is 0 Å². The first kappa shape index (κ1) is 17.7. The highest BCUT2D eigenvalue weighted by Crippen LogP contribution is 2.57. The minimum absolute atomic E-state index is 0.158. The van der Waals surface area contributed by atoms with E-state index >= 15 is 0 Å². The Bertz CT molecular complexity index is 654. The number of Topliss-reactive ketones (excluding diaryl/α,β-unsaturated/α-hetero) is 1. The zero-order chi connectivity index (χ0) is 18.4. The lowest BCUT2D eigenvalue weighted by Gasteiger charge is -2.52. The van der Waals surface area contributed by atoms with Crippen LogP contribution in [0.5, 0.6) is 0 Å². The summed E-state index contributed by atoms with van der Waals surface area (Å²) in [6, 6.07) is 0. The van der Waals surface area contributed by atoms with Gasteiger partial charge >= 0.3 is 0 Å². The molecule has 0 spiro atoms. The standard InChI is InChI=1S/C20H30O5/c1-11-13(21)10-12-15(22)16-19(4,25-16)7-6-14-18(3,24-14)9-8-17(11,2)20(12,5)23/h10-11,13-14,16,21,23H,6-9H2,1-5H3/t11-,13+,14-,16+,17+,18+,19-,20+/m1/s1. The summed E-state index contributed by atoms with van der Waals surface area (Å²) in [5, 5.41) is 22.1. The highest BCUT2D eigenvalue weighted by Gasteiger charge is 2.64. The van der Waals surface area contributed by atoms with Crippen LogP contribution in [0.15, 0.2) is 11.6 Å². The van der Waals surface area contributed by atoms with Crippen LogP contribution in [0.3, 0.4) is 0 Å². The van der Waals surface area contributed by atoms with Gasteiger partial charge in [0.1, 0.15) is 11.7 Å². The molecule has 2 N–H and O–H groups in total. The first-order valence-electron chi connectivity index (χ1n) is 9.47. The van der Waals surface area contributed by atoms with Gasteiger partial charge in [0.25, 0.3) is 0 Å². The van der Waals surface area contributed by atoms with E-state index in [1.54, 1.807) is 13.0 Å². The number of carbonyl (C=O) groups excluding carboxylic acids is 1. The molecule has 8 atom stereocenters. The normalized spacial score (nSPS) is 58.2. The molecule has 25 heavy (non-hydrogen) atoms. The van der Waals surface area contributed by atoms with Crippen molar-refractivity contribution in [2.24, 2.45) is 11.3 Å². The van der Waals surface area contributed by atoms with Gasteiger partial charge in [-0.2, -0.15) is 0 Å². The molecule has 0 radical (unpaired) electrons. The van der Waals surface area contributed by atoms with Crippen molar-refractivity contribution < 1.29 is 24.5 Å². The number of hydrogen-bond donors (Lipinski definition) is 2. The van der Waals surface area contributed by atoms with E-state index in [0.717, 1.165) is 19.3 Å². The van der Waals surface area contributed by atoms with E-state index in [4.69, 9.17) is 9.47 Å². The van der Waals surface area contributed by atoms with E-state index in [2.05, 4.69) is 6.92 Å². The topological polar surface area (TPSA) is 82.6 Å². The number of aliphatic hydroxyl groups excluding tert-OH is 1. The first-order chi connectivity index (χ1) is 11.4. The molecular formula is C20H30O5. The molecule has 0 aromatic rings. The van der Waals surface area contributed by atoms with Crippen LogP contribution in [0.25, 0.3) is 0 Å². The van der Waals surface area contributed by atoms with Gasteiger partial charge in [0, 0.05) is 11.0 Å². The Labute approximate surface area is 149 Å². The molecule has 5 nitrogen and oxygen atoms in total. The third kappa shape index (κ3) is 2.32. The van der Waals surface area contributed by atoms with Gasteiger partial charge in [0.15, 0.2) is 5.78 Å². The Hall–Kier alpha value is -0.750. The van der Waals surface area contributed by atoms with Crippen molar-refractivity contribution in [2.75, 3.05) is 0 Å². The van der Waals surface area contributed by atoms with Crippen molar-refractivity contribution in [2.45, 2.75) is 95.4 Å². The summed E-state index contributed by atoms with van der Waals surface area (Å²) in [5.41, 5.74) is -2.26. The van der Waals surface area contributed by atoms with Crippen LogP contribution < -0.4 is 0 Å². The molecule has 3 fully saturated rings. The average Bonchev–Trinajstić information content (AvgIpc) is 3.40. The monoisotopic (exact) mass is 350 g/mol. The van der Waals surface area contributed by atoms with Crippen LogP contribution in [0.4, 0.5) is 0 Å². The van der Waals surface area contributed by atoms with Crippen LogP contribution >= 0.6 is 0 Å². The van der Waals surface area contributed by atoms with Gasteiger partial charge in [-0.1, -0.05) is 13.8 Å². The lowest BCUT2D eigenvalue weighted by molar-refractivity contribution is -0.132. The number of aliphatic hydroxyl groups is 2. The smallest absolute Gasteiger partial charge is 0.193 e. The van der Waals surface area contributed by atoms with Crippen LogP contribution in [0.1, 0.15) is 60.3 Å². The van der Waals surface area contributed by atoms with Gasteiger partial charge in [-0.3, -0.25) is 4.79 Å². The van der Waals surface area contributed by atoms with E-state index in [-0.39, 0.29) is 23.4 Å². The Morgan fingerprint density at radius 3 is 2.44 bits per heavy atom. The second-order valence-electron chi connectivity index (χ2n) is 9.48. The van der Waals surface area contributed by atoms with Crippen LogP contribution in [0.2, 0.25) is 0 Å². The van der Waals surface area contributed by atoms with Gasteiger partial charge in [0.2, 0.25) is 0 Å². The number of epoxide rings is 2. The lowest BCUT2D eigenvalue weighted by Crippen LogP contribution is -2.57. The number of fused-ring (bicyclic) bond motifs is 4. The van der Waals surface area contributed by atoms with Crippen LogP contribution in [-0.2, 0) is 14.3 Å². The molecule has 2 aliphatic heterocycles. The van der Waals surface area contributed by atoms with E-state index < -0.39 is 28.8 Å². The molecule has 140 valence electrons. The number of hydrogen-bond acceptors (Lipinski definition) is 5. The SMILES string of the molecule is C[C@@H]1[C@@H](O)C=C2C(=O)[C@@H]3O[C@]3(C)CC[C@H]3O[C@@]3(C)CC[C@]1(C)[C@@]2(C)O. The quantitative estimate of drug-likeness (QED) is 0.654. The van der Waals surface area contributed by atoms with Gasteiger partial charge < -0.3 is 19.7 Å². The molecule has 0 amide bonds. The van der Waals surface area contributed by atoms with E-state index in [0.29, 0.717) is 12.0 Å². The summed E-state index contributed by atoms with van der Waals surface area (Å²) >= 11 is 0. The summed E-state index contributed by atoms with van der Waals surface area (Å²) in [7, 11) is 0. The molecule has 0 unspecified atom stereocenters. The van der Waals surface area contributed by atoms with Gasteiger partial charge in [-0.05, 0) is 58.4 Å². The van der Waals surface area contributed by atoms with Crippen molar-refractivity contribution in [3.63, 3.8) is 0 Å². The Balaban J connectivity index is 1.77. The van der Waals surface area contributed by atoms with Gasteiger partial charge in [-0.15, -0.1) is 0 Å². The minimum Gasteiger partial charge on any atom is -0.389 e. The maximum Gasteiger partial charge on any atom is 0.193 e. The zero-order valence-corrected chi connectivity index (χ0v) is 15.8. The fourth-order valence-corrected chi connectivity index (χ4v) is 5.10. The molecular weight excluding hydrogens is 320 g/mol. The summed E-state index contributed by atoms with van der Waals surface area (Å²) in [6.07, 6.45) is 3.64. The highest BCUT2D eigenvalue weighted by molar-refractivity contribution is 6.03. The molecule has 0 aromatic carbocycles. The Morgan fingerprint density at radius 1 is 1.08 bits per heavy atom. The van der Waals surface area contributed by atoms with E-state index in [1.807, 2.05) is 20.8 Å². The van der Waals surface area contributed by atoms with Crippen molar-refractivity contribution in [3.05, 3.63) is 11.6 Å². The molecule has 4 aliphatic rings. The fraction of sp³-hybridized carbons (Fsp3) is 0.850.